The predicted octanol–water partition coefficient (Wildman–Crippen LogP) is 4.32. The zero-order chi connectivity index (χ0) is 24.5. The molecule has 0 radical (unpaired) electrons. The number of thiazole rings is 1. The van der Waals surface area contributed by atoms with E-state index in [9.17, 15) is 22.8 Å². The highest BCUT2D eigenvalue weighted by atomic mass is 32.1. The first kappa shape index (κ1) is 23.2. The van der Waals surface area contributed by atoms with Gasteiger partial charge in [-0.2, -0.15) is 13.2 Å². The van der Waals surface area contributed by atoms with Crippen molar-refractivity contribution in [1.82, 2.24) is 14.9 Å². The third kappa shape index (κ3) is 4.71. The molecule has 0 saturated heterocycles. The first-order chi connectivity index (χ1) is 16.1. The van der Waals surface area contributed by atoms with Crippen LogP contribution in [0, 0.1) is 0 Å². The second-order valence-electron chi connectivity index (χ2n) is 7.38. The fourth-order valence-electron chi connectivity index (χ4n) is 3.25. The van der Waals surface area contributed by atoms with Gasteiger partial charge in [-0.05, 0) is 29.4 Å². The van der Waals surface area contributed by atoms with Gasteiger partial charge in [0.1, 0.15) is 0 Å². The van der Waals surface area contributed by atoms with Crippen molar-refractivity contribution < 1.29 is 32.3 Å². The van der Waals surface area contributed by atoms with Gasteiger partial charge in [0, 0.05) is 24.2 Å². The Balaban J connectivity index is 1.65. The number of halogens is 3. The number of hydrogen-bond acceptors (Lipinski definition) is 5. The van der Waals surface area contributed by atoms with E-state index < -0.39 is 18.2 Å². The van der Waals surface area contributed by atoms with Gasteiger partial charge in [0.15, 0.2) is 11.2 Å². The van der Waals surface area contributed by atoms with E-state index in [0.717, 1.165) is 10.3 Å². The molecule has 0 spiro atoms. The molecule has 2 aromatic heterocycles. The Labute approximate surface area is 195 Å². The first-order valence-electron chi connectivity index (χ1n) is 9.99. The summed E-state index contributed by atoms with van der Waals surface area (Å²) in [5.41, 5.74) is 3.50. The number of rotatable bonds is 5. The van der Waals surface area contributed by atoms with E-state index in [2.05, 4.69) is 20.1 Å². The van der Waals surface area contributed by atoms with Gasteiger partial charge >= 0.3 is 24.0 Å². The van der Waals surface area contributed by atoms with Gasteiger partial charge in [0.25, 0.3) is 0 Å². The van der Waals surface area contributed by atoms with Crippen LogP contribution >= 0.6 is 11.3 Å². The van der Waals surface area contributed by atoms with E-state index in [4.69, 9.17) is 0 Å². The fraction of sp³-hybridized carbons (Fsp3) is 0.182. The van der Waals surface area contributed by atoms with Gasteiger partial charge in [-0.1, -0.05) is 30.3 Å². The molecule has 0 aliphatic rings. The Morgan fingerprint density at radius 1 is 1.21 bits per heavy atom. The smallest absolute Gasteiger partial charge is 0.321 e. The maximum atomic E-state index is 12.9. The average Bonchev–Trinajstić information content (AvgIpc) is 3.46. The molecular weight excluding hydrogens is 471 g/mol. The molecular formula is C22H19F3N5O3S+. The van der Waals surface area contributed by atoms with Crippen LogP contribution in [0.2, 0.25) is 0 Å². The number of imidazole rings is 1. The molecule has 2 N–H and O–H groups in total. The van der Waals surface area contributed by atoms with Crippen molar-refractivity contribution in [3.63, 3.8) is 0 Å². The molecule has 1 atom stereocenters. The second kappa shape index (κ2) is 9.14. The van der Waals surface area contributed by atoms with Crippen molar-refractivity contribution >= 4 is 40.1 Å². The molecule has 4 aromatic rings. The number of hydrogen-bond donors (Lipinski definition) is 2. The molecule has 0 bridgehead atoms. The lowest BCUT2D eigenvalue weighted by Crippen LogP contribution is -2.51. The van der Waals surface area contributed by atoms with Crippen LogP contribution in [0.15, 0.2) is 59.4 Å². The highest BCUT2D eigenvalue weighted by Gasteiger charge is 2.44. The minimum atomic E-state index is -5.20. The number of anilines is 1. The molecule has 0 unspecified atom stereocenters. The van der Waals surface area contributed by atoms with Crippen LogP contribution in [-0.2, 0) is 4.79 Å². The van der Waals surface area contributed by atoms with Gasteiger partial charge < -0.3 is 10.2 Å². The molecule has 4 rings (SSSR count). The molecule has 2 aromatic carbocycles. The number of amides is 2. The maximum Gasteiger partial charge on any atom is 0.495 e. The summed E-state index contributed by atoms with van der Waals surface area (Å²) in [6.45, 7) is 1.87. The molecule has 2 amide bonds. The molecule has 8 nitrogen and oxygen atoms in total. The fourth-order valence-corrected chi connectivity index (χ4v) is 3.79. The van der Waals surface area contributed by atoms with Gasteiger partial charge in [0.05, 0.1) is 11.6 Å². The van der Waals surface area contributed by atoms with Crippen molar-refractivity contribution in [3.8, 4) is 11.5 Å². The highest BCUT2D eigenvalue weighted by molar-refractivity contribution is 7.07. The highest BCUT2D eigenvalue weighted by Crippen LogP contribution is 2.24. The van der Waals surface area contributed by atoms with E-state index in [1.54, 1.807) is 24.6 Å². The molecule has 176 valence electrons. The number of benzene rings is 2. The quantitative estimate of drug-likeness (QED) is 0.408. The van der Waals surface area contributed by atoms with Gasteiger partial charge in [-0.3, -0.25) is 0 Å². The summed E-state index contributed by atoms with van der Waals surface area (Å²) in [6.07, 6.45) is -5.20. The first-order valence-corrected chi connectivity index (χ1v) is 10.9. The van der Waals surface area contributed by atoms with Crippen LogP contribution in [0.25, 0.3) is 22.6 Å². The third-order valence-corrected chi connectivity index (χ3v) is 5.77. The minimum Gasteiger partial charge on any atom is -0.321 e. The van der Waals surface area contributed by atoms with Crippen LogP contribution in [0.5, 0.6) is 0 Å². The molecule has 0 fully saturated rings. The molecule has 0 aliphatic heterocycles. The molecule has 0 saturated carbocycles. The van der Waals surface area contributed by atoms with Crippen LogP contribution < -0.4 is 14.9 Å². The number of carbonyl (C=O) groups excluding carboxylic acids is 2. The van der Waals surface area contributed by atoms with Gasteiger partial charge in [-0.25, -0.2) is 24.4 Å². The zero-order valence-corrected chi connectivity index (χ0v) is 18.8. The molecule has 2 heterocycles. The number of aromatic nitrogens is 3. The number of H-pyrrole nitrogens is 1. The number of nitrogens with one attached hydrogen (secondary N) is 2. The Hall–Kier alpha value is -3.93. The standard InChI is InChI=1S/C22H18F3N5O3S/c1-13(14-6-4-3-5-7-14)29(2)21(32)27-15-8-9-16-18(10-15)30(33-20(31)22(23,24)25)19(28-16)17-11-34-12-26-17/h3-13H,1-2H3,(H,27,32)/p+1/t13-/m0/s1. The van der Waals surface area contributed by atoms with E-state index in [1.807, 2.05) is 37.3 Å². The van der Waals surface area contributed by atoms with Crippen molar-refractivity contribution in [2.75, 3.05) is 12.4 Å². The predicted molar refractivity (Wildman–Crippen MR) is 119 cm³/mol. The summed E-state index contributed by atoms with van der Waals surface area (Å²) in [4.78, 5) is 37.5. The van der Waals surface area contributed by atoms with Crippen molar-refractivity contribution in [2.24, 2.45) is 0 Å². The molecule has 34 heavy (non-hydrogen) atoms. The topological polar surface area (TPSA) is 91.2 Å². The number of urea groups is 1. The number of carbonyl (C=O) groups is 2. The van der Waals surface area contributed by atoms with E-state index in [0.29, 0.717) is 11.2 Å². The normalized spacial score (nSPS) is 12.4. The Kier molecular flexibility index (Phi) is 6.24. The minimum absolute atomic E-state index is 0.0483. The third-order valence-electron chi connectivity index (χ3n) is 5.19. The van der Waals surface area contributed by atoms with E-state index in [-0.39, 0.29) is 23.1 Å². The largest absolute Gasteiger partial charge is 0.495 e. The average molecular weight is 490 g/mol. The van der Waals surface area contributed by atoms with Crippen molar-refractivity contribution in [3.05, 3.63) is 65.0 Å². The summed E-state index contributed by atoms with van der Waals surface area (Å²) in [5, 5.41) is 4.31. The van der Waals surface area contributed by atoms with Crippen LogP contribution in [0.3, 0.4) is 0 Å². The summed E-state index contributed by atoms with van der Waals surface area (Å²) in [5.74, 6) is -2.34. The number of aromatic amines is 1. The maximum absolute atomic E-state index is 12.9. The lowest BCUT2D eigenvalue weighted by Gasteiger charge is -2.25. The lowest BCUT2D eigenvalue weighted by molar-refractivity contribution is -0.841. The summed E-state index contributed by atoms with van der Waals surface area (Å²) in [6, 6.07) is 13.3. The lowest BCUT2D eigenvalue weighted by atomic mass is 10.1. The SMILES string of the molecule is C[C@@H](c1ccccc1)N(C)C(=O)Nc1ccc2[nH]c(-c3cscn3)[n+](OC(=O)C(F)(F)F)c2c1. The van der Waals surface area contributed by atoms with E-state index in [1.165, 1.54) is 27.8 Å². The molecule has 0 aliphatic carbocycles. The zero-order valence-electron chi connectivity index (χ0n) is 18.0. The summed E-state index contributed by atoms with van der Waals surface area (Å²) >= 11 is 1.22. The Morgan fingerprint density at radius 3 is 2.59 bits per heavy atom. The number of nitrogens with zero attached hydrogens (tertiary/aromatic N) is 3. The molecule has 12 heteroatoms. The Morgan fingerprint density at radius 2 is 1.94 bits per heavy atom. The van der Waals surface area contributed by atoms with Crippen LogP contribution in [-0.4, -0.2) is 40.1 Å². The summed E-state index contributed by atoms with van der Waals surface area (Å²) in [7, 11) is 1.63. The number of fused-ring (bicyclic) bond motifs is 1. The second-order valence-corrected chi connectivity index (χ2v) is 8.10. The van der Waals surface area contributed by atoms with Gasteiger partial charge in [-0.15, -0.1) is 11.3 Å². The number of alkyl halides is 3. The van der Waals surface area contributed by atoms with Crippen molar-refractivity contribution in [1.29, 1.82) is 0 Å². The monoisotopic (exact) mass is 490 g/mol. The summed E-state index contributed by atoms with van der Waals surface area (Å²) < 4.78 is 39.4. The van der Waals surface area contributed by atoms with Crippen LogP contribution in [0.1, 0.15) is 18.5 Å². The van der Waals surface area contributed by atoms with E-state index >= 15 is 0 Å². The van der Waals surface area contributed by atoms with Crippen LogP contribution in [0.4, 0.5) is 23.7 Å². The van der Waals surface area contributed by atoms with Gasteiger partial charge in [0.2, 0.25) is 5.52 Å². The van der Waals surface area contributed by atoms with Crippen molar-refractivity contribution in [2.45, 2.75) is 19.1 Å². The Bertz CT molecular complexity index is 1320.